The maximum Gasteiger partial charge on any atom is 0.0499 e. The van der Waals surface area contributed by atoms with Crippen molar-refractivity contribution < 1.29 is 0 Å². The van der Waals surface area contributed by atoms with Gasteiger partial charge in [0.05, 0.1) is 0 Å². The molecule has 0 aliphatic heterocycles. The molecular formula is C14H21N. The minimum atomic E-state index is 0.0243. The summed E-state index contributed by atoms with van der Waals surface area (Å²) in [5.41, 5.74) is 1.19. The first kappa shape index (κ1) is 11.8. The van der Waals surface area contributed by atoms with Crippen LogP contribution in [0.15, 0.2) is 42.5 Å². The molecule has 0 heterocycles. The molecule has 82 valence electrons. The van der Waals surface area contributed by atoms with Crippen molar-refractivity contribution in [2.24, 2.45) is 0 Å². The van der Waals surface area contributed by atoms with Gasteiger partial charge in [0, 0.05) is 11.2 Å². The van der Waals surface area contributed by atoms with Gasteiger partial charge in [0.2, 0.25) is 0 Å². The van der Waals surface area contributed by atoms with Crippen LogP contribution in [0.5, 0.6) is 0 Å². The third-order valence-electron chi connectivity index (χ3n) is 2.23. The van der Waals surface area contributed by atoms with Crippen LogP contribution in [0.3, 0.4) is 0 Å². The fourth-order valence-electron chi connectivity index (χ4n) is 1.48. The van der Waals surface area contributed by atoms with Crippen molar-refractivity contribution in [1.82, 2.24) is 0 Å². The average molecular weight is 203 g/mol. The number of allylic oxidation sites excluding steroid dienone is 1. The van der Waals surface area contributed by atoms with Gasteiger partial charge in [-0.3, -0.25) is 0 Å². The van der Waals surface area contributed by atoms with Gasteiger partial charge < -0.3 is 5.32 Å². The van der Waals surface area contributed by atoms with Crippen LogP contribution in [0.25, 0.3) is 0 Å². The lowest BCUT2D eigenvalue weighted by atomic mass is 10.0. The molecule has 1 aromatic carbocycles. The molecule has 0 aliphatic rings. The van der Waals surface area contributed by atoms with E-state index >= 15 is 0 Å². The number of unbranched alkanes of at least 4 members (excludes halogenated alkanes) is 1. The third-order valence-corrected chi connectivity index (χ3v) is 2.23. The van der Waals surface area contributed by atoms with Crippen molar-refractivity contribution in [1.29, 1.82) is 0 Å². The van der Waals surface area contributed by atoms with Gasteiger partial charge in [0.1, 0.15) is 0 Å². The Morgan fingerprint density at radius 2 is 1.87 bits per heavy atom. The molecular weight excluding hydrogens is 182 g/mol. The van der Waals surface area contributed by atoms with E-state index in [0.717, 1.165) is 6.42 Å². The summed E-state index contributed by atoms with van der Waals surface area (Å²) in [4.78, 5) is 0. The van der Waals surface area contributed by atoms with Gasteiger partial charge in [-0.15, -0.1) is 0 Å². The van der Waals surface area contributed by atoms with Gasteiger partial charge in [-0.05, 0) is 32.4 Å². The molecule has 0 amide bonds. The quantitative estimate of drug-likeness (QED) is 0.706. The first-order valence-corrected chi connectivity index (χ1v) is 5.65. The first-order valence-electron chi connectivity index (χ1n) is 5.65. The number of nitrogens with one attached hydrogen (secondary N) is 1. The van der Waals surface area contributed by atoms with E-state index in [9.17, 15) is 0 Å². The molecule has 15 heavy (non-hydrogen) atoms. The Morgan fingerprint density at radius 1 is 1.20 bits per heavy atom. The van der Waals surface area contributed by atoms with E-state index in [-0.39, 0.29) is 5.54 Å². The Balaban J connectivity index is 2.56. The lowest BCUT2D eigenvalue weighted by molar-refractivity contribution is 0.707. The van der Waals surface area contributed by atoms with E-state index in [1.807, 2.05) is 18.2 Å². The van der Waals surface area contributed by atoms with Crippen LogP contribution in [-0.2, 0) is 0 Å². The standard InChI is InChI=1S/C14H21N/c1-4-5-9-12-14(2,3)15-13-10-7-6-8-11-13/h6-12,15H,4-5H2,1-3H3/b12-9+. The van der Waals surface area contributed by atoms with Crippen LogP contribution in [0.2, 0.25) is 0 Å². The Hall–Kier alpha value is -1.24. The molecule has 0 aliphatic carbocycles. The minimum absolute atomic E-state index is 0.0243. The van der Waals surface area contributed by atoms with Crippen LogP contribution in [0.1, 0.15) is 33.6 Å². The molecule has 1 nitrogen and oxygen atoms in total. The Bertz CT molecular complexity index is 298. The zero-order valence-corrected chi connectivity index (χ0v) is 9.96. The molecule has 0 saturated heterocycles. The largest absolute Gasteiger partial charge is 0.377 e. The molecule has 1 N–H and O–H groups in total. The number of anilines is 1. The average Bonchev–Trinajstić information content (AvgIpc) is 2.18. The summed E-state index contributed by atoms with van der Waals surface area (Å²) in [7, 11) is 0. The lowest BCUT2D eigenvalue weighted by Gasteiger charge is -2.23. The summed E-state index contributed by atoms with van der Waals surface area (Å²) in [6.07, 6.45) is 6.84. The van der Waals surface area contributed by atoms with E-state index in [2.05, 4.69) is 50.4 Å². The molecule has 0 radical (unpaired) electrons. The fraction of sp³-hybridized carbons (Fsp3) is 0.429. The molecule has 0 bridgehead atoms. The molecule has 0 fully saturated rings. The topological polar surface area (TPSA) is 12.0 Å². The van der Waals surface area contributed by atoms with Crippen LogP contribution in [0, 0.1) is 0 Å². The van der Waals surface area contributed by atoms with Crippen molar-refractivity contribution in [2.45, 2.75) is 39.2 Å². The summed E-state index contributed by atoms with van der Waals surface area (Å²) in [6, 6.07) is 10.3. The van der Waals surface area contributed by atoms with Gasteiger partial charge in [-0.1, -0.05) is 43.7 Å². The highest BCUT2D eigenvalue weighted by Gasteiger charge is 2.11. The maximum absolute atomic E-state index is 3.49. The normalized spacial score (nSPS) is 11.9. The van der Waals surface area contributed by atoms with Gasteiger partial charge in [-0.25, -0.2) is 0 Å². The predicted molar refractivity (Wildman–Crippen MR) is 68.2 cm³/mol. The molecule has 1 aromatic rings. The van der Waals surface area contributed by atoms with Crippen molar-refractivity contribution in [2.75, 3.05) is 5.32 Å². The van der Waals surface area contributed by atoms with Crippen LogP contribution < -0.4 is 5.32 Å². The molecule has 0 atom stereocenters. The number of rotatable bonds is 5. The second-order valence-corrected chi connectivity index (χ2v) is 4.40. The number of benzene rings is 1. The predicted octanol–water partition coefficient (Wildman–Crippen LogP) is 4.23. The first-order chi connectivity index (χ1) is 7.14. The molecule has 1 rings (SSSR count). The van der Waals surface area contributed by atoms with Crippen molar-refractivity contribution in [3.8, 4) is 0 Å². The van der Waals surface area contributed by atoms with E-state index in [0.29, 0.717) is 0 Å². The summed E-state index contributed by atoms with van der Waals surface area (Å²) in [5.74, 6) is 0. The monoisotopic (exact) mass is 203 g/mol. The molecule has 1 heteroatoms. The summed E-state index contributed by atoms with van der Waals surface area (Å²) in [6.45, 7) is 6.57. The molecule has 0 saturated carbocycles. The third kappa shape index (κ3) is 4.68. The van der Waals surface area contributed by atoms with E-state index in [1.54, 1.807) is 0 Å². The second-order valence-electron chi connectivity index (χ2n) is 4.40. The van der Waals surface area contributed by atoms with E-state index in [1.165, 1.54) is 12.1 Å². The van der Waals surface area contributed by atoms with E-state index in [4.69, 9.17) is 0 Å². The smallest absolute Gasteiger partial charge is 0.0499 e. The Morgan fingerprint density at radius 3 is 2.47 bits per heavy atom. The zero-order valence-electron chi connectivity index (χ0n) is 9.96. The minimum Gasteiger partial charge on any atom is -0.377 e. The van der Waals surface area contributed by atoms with Crippen LogP contribution in [-0.4, -0.2) is 5.54 Å². The zero-order chi connectivity index (χ0) is 11.1. The van der Waals surface area contributed by atoms with Crippen LogP contribution in [0.4, 0.5) is 5.69 Å². The SMILES string of the molecule is CCC/C=C/C(C)(C)Nc1ccccc1. The number of para-hydroxylation sites is 1. The summed E-state index contributed by atoms with van der Waals surface area (Å²) in [5, 5.41) is 3.49. The van der Waals surface area contributed by atoms with Crippen molar-refractivity contribution >= 4 is 5.69 Å². The Kier molecular flexibility index (Phi) is 4.41. The van der Waals surface area contributed by atoms with Gasteiger partial charge >= 0.3 is 0 Å². The molecule has 0 aromatic heterocycles. The highest BCUT2D eigenvalue weighted by molar-refractivity contribution is 5.46. The summed E-state index contributed by atoms with van der Waals surface area (Å²) < 4.78 is 0. The van der Waals surface area contributed by atoms with Crippen molar-refractivity contribution in [3.63, 3.8) is 0 Å². The second kappa shape index (κ2) is 5.59. The highest BCUT2D eigenvalue weighted by Crippen LogP contribution is 2.15. The maximum atomic E-state index is 3.49. The van der Waals surface area contributed by atoms with E-state index < -0.39 is 0 Å². The fourth-order valence-corrected chi connectivity index (χ4v) is 1.48. The number of hydrogen-bond acceptors (Lipinski definition) is 1. The molecule has 0 unspecified atom stereocenters. The Labute approximate surface area is 93.2 Å². The number of hydrogen-bond donors (Lipinski definition) is 1. The van der Waals surface area contributed by atoms with Gasteiger partial charge in [0.15, 0.2) is 0 Å². The van der Waals surface area contributed by atoms with Gasteiger partial charge in [0.25, 0.3) is 0 Å². The van der Waals surface area contributed by atoms with Gasteiger partial charge in [-0.2, -0.15) is 0 Å². The van der Waals surface area contributed by atoms with Crippen molar-refractivity contribution in [3.05, 3.63) is 42.5 Å². The lowest BCUT2D eigenvalue weighted by Crippen LogP contribution is -2.27. The highest BCUT2D eigenvalue weighted by atomic mass is 14.9. The van der Waals surface area contributed by atoms with Crippen LogP contribution >= 0.6 is 0 Å². The molecule has 0 spiro atoms. The summed E-state index contributed by atoms with van der Waals surface area (Å²) >= 11 is 0.